The minimum atomic E-state index is -0.370. The summed E-state index contributed by atoms with van der Waals surface area (Å²) in [4.78, 5) is 4.27. The van der Waals surface area contributed by atoms with Crippen LogP contribution in [-0.2, 0) is 6.42 Å². The summed E-state index contributed by atoms with van der Waals surface area (Å²) in [6.45, 7) is 2.08. The average molecular weight is 268 g/mol. The summed E-state index contributed by atoms with van der Waals surface area (Å²) < 4.78 is 18.8. The van der Waals surface area contributed by atoms with E-state index in [1.54, 1.807) is 18.2 Å². The molecule has 4 heteroatoms. The molecule has 0 aliphatic heterocycles. The van der Waals surface area contributed by atoms with Crippen LogP contribution in [0.2, 0.25) is 0 Å². The number of aromatic nitrogens is 2. The summed E-state index contributed by atoms with van der Waals surface area (Å²) in [5.41, 5.74) is 2.38. The molecule has 0 aliphatic rings. The van der Waals surface area contributed by atoms with Gasteiger partial charge in [0.25, 0.3) is 5.89 Å². The molecule has 0 atom stereocenters. The van der Waals surface area contributed by atoms with E-state index in [1.807, 2.05) is 24.3 Å². The Morgan fingerprint density at radius 2 is 1.95 bits per heavy atom. The minimum Gasteiger partial charge on any atom is -0.334 e. The van der Waals surface area contributed by atoms with E-state index >= 15 is 0 Å². The number of aryl methyl sites for hydroxylation is 1. The summed E-state index contributed by atoms with van der Waals surface area (Å²) in [5.74, 6) is 0.295. The first-order chi connectivity index (χ1) is 9.78. The third-order valence-electron chi connectivity index (χ3n) is 3.12. The summed E-state index contributed by atoms with van der Waals surface area (Å²) in [6.07, 6.45) is 0.936. The van der Waals surface area contributed by atoms with Gasteiger partial charge >= 0.3 is 0 Å². The maximum Gasteiger partial charge on any atom is 0.261 e. The Kier molecular flexibility index (Phi) is 3.29. The lowest BCUT2D eigenvalue weighted by Crippen LogP contribution is -1.86. The highest BCUT2D eigenvalue weighted by Crippen LogP contribution is 2.24. The third kappa shape index (κ3) is 2.32. The average Bonchev–Trinajstić information content (AvgIpc) is 2.97. The van der Waals surface area contributed by atoms with Crippen molar-refractivity contribution in [3.63, 3.8) is 0 Å². The summed E-state index contributed by atoms with van der Waals surface area (Å²) in [5, 5.41) is 3.93. The summed E-state index contributed by atoms with van der Waals surface area (Å²) in [7, 11) is 0. The Morgan fingerprint density at radius 3 is 2.75 bits per heavy atom. The smallest absolute Gasteiger partial charge is 0.261 e. The van der Waals surface area contributed by atoms with Crippen LogP contribution in [0.3, 0.4) is 0 Å². The van der Waals surface area contributed by atoms with Gasteiger partial charge in [-0.25, -0.2) is 4.39 Å². The molecule has 0 unspecified atom stereocenters. The van der Waals surface area contributed by atoms with Gasteiger partial charge in [-0.2, -0.15) is 4.98 Å². The number of halogens is 1. The van der Waals surface area contributed by atoms with Crippen molar-refractivity contribution in [3.8, 4) is 22.8 Å². The first-order valence-corrected chi connectivity index (χ1v) is 6.46. The van der Waals surface area contributed by atoms with Crippen molar-refractivity contribution in [1.82, 2.24) is 10.1 Å². The molecule has 0 bridgehead atoms. The van der Waals surface area contributed by atoms with Crippen LogP contribution in [0.15, 0.2) is 53.1 Å². The van der Waals surface area contributed by atoms with Crippen molar-refractivity contribution in [2.24, 2.45) is 0 Å². The minimum absolute atomic E-state index is 0.194. The van der Waals surface area contributed by atoms with Crippen molar-refractivity contribution < 1.29 is 8.91 Å². The van der Waals surface area contributed by atoms with E-state index in [4.69, 9.17) is 4.52 Å². The van der Waals surface area contributed by atoms with Gasteiger partial charge in [-0.15, -0.1) is 0 Å². The van der Waals surface area contributed by atoms with E-state index in [-0.39, 0.29) is 11.7 Å². The number of hydrogen-bond donors (Lipinski definition) is 0. The molecule has 1 aromatic heterocycles. The van der Waals surface area contributed by atoms with Crippen LogP contribution in [0.4, 0.5) is 4.39 Å². The fourth-order valence-electron chi connectivity index (χ4n) is 2.02. The number of nitrogens with zero attached hydrogens (tertiary/aromatic N) is 2. The fourth-order valence-corrected chi connectivity index (χ4v) is 2.02. The predicted octanol–water partition coefficient (Wildman–Crippen LogP) is 4.11. The van der Waals surface area contributed by atoms with Gasteiger partial charge in [0.2, 0.25) is 5.82 Å². The molecule has 3 rings (SSSR count). The molecule has 3 aromatic rings. The maximum absolute atomic E-state index is 13.7. The van der Waals surface area contributed by atoms with Crippen molar-refractivity contribution in [2.45, 2.75) is 13.3 Å². The Labute approximate surface area is 116 Å². The van der Waals surface area contributed by atoms with Gasteiger partial charge in [0.15, 0.2) is 0 Å². The Hall–Kier alpha value is -2.49. The lowest BCUT2D eigenvalue weighted by atomic mass is 10.1. The molecule has 0 fully saturated rings. The molecule has 0 aliphatic carbocycles. The van der Waals surface area contributed by atoms with Crippen LogP contribution >= 0.6 is 0 Å². The molecular weight excluding hydrogens is 255 g/mol. The molecule has 20 heavy (non-hydrogen) atoms. The second-order valence-electron chi connectivity index (χ2n) is 4.46. The van der Waals surface area contributed by atoms with Gasteiger partial charge in [-0.05, 0) is 30.2 Å². The first kappa shape index (κ1) is 12.5. The monoisotopic (exact) mass is 268 g/mol. The third-order valence-corrected chi connectivity index (χ3v) is 3.12. The Morgan fingerprint density at radius 1 is 1.10 bits per heavy atom. The number of rotatable bonds is 3. The van der Waals surface area contributed by atoms with E-state index in [1.165, 1.54) is 11.6 Å². The van der Waals surface area contributed by atoms with E-state index in [0.717, 1.165) is 12.0 Å². The fraction of sp³-hybridized carbons (Fsp3) is 0.125. The van der Waals surface area contributed by atoms with Gasteiger partial charge in [0.1, 0.15) is 5.82 Å². The molecule has 0 radical (unpaired) electrons. The van der Waals surface area contributed by atoms with Crippen LogP contribution in [0.25, 0.3) is 22.8 Å². The lowest BCUT2D eigenvalue weighted by Gasteiger charge is -1.98. The Balaban J connectivity index is 2.00. The number of benzene rings is 2. The molecule has 0 N–H and O–H groups in total. The van der Waals surface area contributed by atoms with Crippen LogP contribution in [0.1, 0.15) is 12.5 Å². The van der Waals surface area contributed by atoms with Crippen LogP contribution in [-0.4, -0.2) is 10.1 Å². The standard InChI is InChI=1S/C16H13FN2O/c1-2-11-6-5-7-12(10-11)15-18-16(20-19-15)13-8-3-4-9-14(13)17/h3-10H,2H2,1H3. The van der Waals surface area contributed by atoms with Gasteiger partial charge < -0.3 is 4.52 Å². The largest absolute Gasteiger partial charge is 0.334 e. The zero-order chi connectivity index (χ0) is 13.9. The SMILES string of the molecule is CCc1cccc(-c2noc(-c3ccccc3F)n2)c1. The molecule has 0 saturated heterocycles. The second kappa shape index (κ2) is 5.25. The van der Waals surface area contributed by atoms with E-state index in [0.29, 0.717) is 11.4 Å². The predicted molar refractivity (Wildman–Crippen MR) is 74.5 cm³/mol. The van der Waals surface area contributed by atoms with Crippen LogP contribution in [0.5, 0.6) is 0 Å². The summed E-state index contributed by atoms with van der Waals surface area (Å²) >= 11 is 0. The van der Waals surface area contributed by atoms with Gasteiger partial charge in [-0.3, -0.25) is 0 Å². The van der Waals surface area contributed by atoms with Crippen LogP contribution < -0.4 is 0 Å². The van der Waals surface area contributed by atoms with E-state index in [9.17, 15) is 4.39 Å². The van der Waals surface area contributed by atoms with Crippen molar-refractivity contribution in [3.05, 3.63) is 59.9 Å². The quantitative estimate of drug-likeness (QED) is 0.717. The van der Waals surface area contributed by atoms with E-state index < -0.39 is 0 Å². The first-order valence-electron chi connectivity index (χ1n) is 6.46. The van der Waals surface area contributed by atoms with Crippen molar-refractivity contribution >= 4 is 0 Å². The van der Waals surface area contributed by atoms with Gasteiger partial charge in [-0.1, -0.05) is 42.4 Å². The zero-order valence-corrected chi connectivity index (χ0v) is 11.0. The van der Waals surface area contributed by atoms with E-state index in [2.05, 4.69) is 17.1 Å². The molecule has 100 valence electrons. The van der Waals surface area contributed by atoms with Gasteiger partial charge in [0.05, 0.1) is 5.56 Å². The molecule has 1 heterocycles. The second-order valence-corrected chi connectivity index (χ2v) is 4.46. The van der Waals surface area contributed by atoms with Crippen molar-refractivity contribution in [1.29, 1.82) is 0 Å². The highest BCUT2D eigenvalue weighted by Gasteiger charge is 2.13. The normalized spacial score (nSPS) is 10.7. The number of hydrogen-bond acceptors (Lipinski definition) is 3. The van der Waals surface area contributed by atoms with Gasteiger partial charge in [0, 0.05) is 5.56 Å². The molecule has 2 aromatic carbocycles. The summed E-state index contributed by atoms with van der Waals surface area (Å²) in [6, 6.07) is 14.3. The van der Waals surface area contributed by atoms with Crippen LogP contribution in [0, 0.1) is 5.82 Å². The topological polar surface area (TPSA) is 38.9 Å². The lowest BCUT2D eigenvalue weighted by molar-refractivity contribution is 0.429. The highest BCUT2D eigenvalue weighted by atomic mass is 19.1. The molecule has 3 nitrogen and oxygen atoms in total. The highest BCUT2D eigenvalue weighted by molar-refractivity contribution is 5.60. The molecule has 0 amide bonds. The maximum atomic E-state index is 13.7. The Bertz CT molecular complexity index is 737. The molecule has 0 spiro atoms. The molecular formula is C16H13FN2O. The zero-order valence-electron chi connectivity index (χ0n) is 11.0. The molecule has 0 saturated carbocycles. The van der Waals surface area contributed by atoms with Crippen molar-refractivity contribution in [2.75, 3.05) is 0 Å².